The van der Waals surface area contributed by atoms with Crippen molar-refractivity contribution >= 4 is 17.8 Å². The molecule has 0 aromatic rings. The van der Waals surface area contributed by atoms with Crippen LogP contribution >= 0.6 is 11.6 Å². The van der Waals surface area contributed by atoms with Crippen LogP contribution in [-0.2, 0) is 9.47 Å². The molecule has 0 heterocycles. The largest absolute Gasteiger partial charge is 0.508 e. The summed E-state index contributed by atoms with van der Waals surface area (Å²) in [5.74, 6) is 0.546. The van der Waals surface area contributed by atoms with E-state index < -0.39 is 12.3 Å². The molecule has 4 nitrogen and oxygen atoms in total. The highest BCUT2D eigenvalue weighted by atomic mass is 35.5. The molecule has 2 atom stereocenters. The van der Waals surface area contributed by atoms with Gasteiger partial charge in [0.15, 0.2) is 0 Å². The summed E-state index contributed by atoms with van der Waals surface area (Å²) in [5.41, 5.74) is 0. The maximum absolute atomic E-state index is 10.8. The fourth-order valence-electron chi connectivity index (χ4n) is 0.485. The van der Waals surface area contributed by atoms with Crippen molar-refractivity contribution in [1.82, 2.24) is 0 Å². The first kappa shape index (κ1) is 12.5. The van der Waals surface area contributed by atoms with Crippen LogP contribution in [0.5, 0.6) is 0 Å². The highest BCUT2D eigenvalue weighted by Crippen LogP contribution is 1.99. The number of hydrogen-bond donors (Lipinski definition) is 1. The molecule has 0 radical (unpaired) electrons. The topological polar surface area (TPSA) is 55.8 Å². The first-order chi connectivity index (χ1) is 6.06. The highest BCUT2D eigenvalue weighted by molar-refractivity contribution is 6.18. The van der Waals surface area contributed by atoms with Gasteiger partial charge in [-0.05, 0) is 6.92 Å². The summed E-state index contributed by atoms with van der Waals surface area (Å²) in [6.45, 7) is 3.57. The molecule has 0 spiro atoms. The third-order valence-corrected chi connectivity index (χ3v) is 1.72. The Morgan fingerprint density at radius 3 is 2.38 bits per heavy atom. The fraction of sp³-hybridized carbons (Fsp3) is 0.875. The van der Waals surface area contributed by atoms with Crippen molar-refractivity contribution in [3.8, 4) is 0 Å². The number of rotatable bonds is 5. The molecule has 0 rings (SSSR count). The average Bonchev–Trinajstić information content (AvgIpc) is 2.10. The van der Waals surface area contributed by atoms with E-state index >= 15 is 0 Å². The van der Waals surface area contributed by atoms with Crippen molar-refractivity contribution in [2.45, 2.75) is 20.0 Å². The zero-order valence-corrected chi connectivity index (χ0v) is 8.58. The second-order valence-electron chi connectivity index (χ2n) is 2.98. The predicted molar refractivity (Wildman–Crippen MR) is 48.9 cm³/mol. The summed E-state index contributed by atoms with van der Waals surface area (Å²) < 4.78 is 9.23. The van der Waals surface area contributed by atoms with Crippen LogP contribution in [0.1, 0.15) is 13.8 Å². The first-order valence-electron chi connectivity index (χ1n) is 4.09. The van der Waals surface area contributed by atoms with Gasteiger partial charge in [0.1, 0.15) is 6.61 Å². The Balaban J connectivity index is 3.40. The van der Waals surface area contributed by atoms with E-state index in [0.29, 0.717) is 5.88 Å². The van der Waals surface area contributed by atoms with Crippen molar-refractivity contribution in [2.24, 2.45) is 5.92 Å². The zero-order chi connectivity index (χ0) is 10.3. The van der Waals surface area contributed by atoms with E-state index in [1.54, 1.807) is 0 Å². The van der Waals surface area contributed by atoms with E-state index in [1.807, 2.05) is 6.92 Å². The third kappa shape index (κ3) is 7.87. The quantitative estimate of drug-likeness (QED) is 0.551. The molecule has 0 saturated heterocycles. The summed E-state index contributed by atoms with van der Waals surface area (Å²) in [7, 11) is 0. The van der Waals surface area contributed by atoms with E-state index in [-0.39, 0.29) is 19.1 Å². The van der Waals surface area contributed by atoms with Gasteiger partial charge in [-0.1, -0.05) is 6.92 Å². The smallest absolute Gasteiger partial charge is 0.434 e. The van der Waals surface area contributed by atoms with Gasteiger partial charge in [-0.3, -0.25) is 0 Å². The van der Waals surface area contributed by atoms with E-state index in [0.717, 1.165) is 0 Å². The molecule has 0 amide bonds. The summed E-state index contributed by atoms with van der Waals surface area (Å²) in [6.07, 6.45) is -1.43. The molecule has 78 valence electrons. The van der Waals surface area contributed by atoms with Crippen LogP contribution in [0.3, 0.4) is 0 Å². The Hall–Kier alpha value is -0.480. The maximum Gasteiger partial charge on any atom is 0.508 e. The normalized spacial score (nSPS) is 14.8. The van der Waals surface area contributed by atoms with Crippen LogP contribution < -0.4 is 0 Å². The van der Waals surface area contributed by atoms with Crippen LogP contribution in [0.4, 0.5) is 4.79 Å². The number of aliphatic hydroxyl groups is 1. The van der Waals surface area contributed by atoms with Crippen LogP contribution in [0.25, 0.3) is 0 Å². The average molecular weight is 211 g/mol. The molecule has 0 aliphatic rings. The van der Waals surface area contributed by atoms with Crippen LogP contribution in [0.15, 0.2) is 0 Å². The molecule has 0 saturated carbocycles. The van der Waals surface area contributed by atoms with Crippen LogP contribution in [0, 0.1) is 5.92 Å². The van der Waals surface area contributed by atoms with Gasteiger partial charge in [0.2, 0.25) is 0 Å². The molecular weight excluding hydrogens is 196 g/mol. The molecule has 13 heavy (non-hydrogen) atoms. The maximum atomic E-state index is 10.8. The van der Waals surface area contributed by atoms with Crippen molar-refractivity contribution < 1.29 is 19.4 Å². The minimum Gasteiger partial charge on any atom is -0.434 e. The van der Waals surface area contributed by atoms with Gasteiger partial charge in [-0.2, -0.15) is 0 Å². The molecule has 2 unspecified atom stereocenters. The SMILES string of the molecule is CC(O)COC(=O)OCC(C)CCl. The molecule has 0 fully saturated rings. The lowest BCUT2D eigenvalue weighted by Crippen LogP contribution is -2.18. The van der Waals surface area contributed by atoms with E-state index in [4.69, 9.17) is 16.7 Å². The fourth-order valence-corrected chi connectivity index (χ4v) is 0.574. The summed E-state index contributed by atoms with van der Waals surface area (Å²) in [5, 5.41) is 8.77. The molecule has 0 aromatic carbocycles. The Morgan fingerprint density at radius 2 is 1.92 bits per heavy atom. The number of halogens is 1. The van der Waals surface area contributed by atoms with Crippen molar-refractivity contribution in [2.75, 3.05) is 19.1 Å². The molecule has 1 N–H and O–H groups in total. The van der Waals surface area contributed by atoms with Gasteiger partial charge in [0.05, 0.1) is 12.7 Å². The predicted octanol–water partition coefficient (Wildman–Crippen LogP) is 1.40. The molecule has 0 aliphatic carbocycles. The Labute approximate surface area is 82.8 Å². The van der Waals surface area contributed by atoms with Gasteiger partial charge >= 0.3 is 6.16 Å². The molecule has 0 aromatic heterocycles. The van der Waals surface area contributed by atoms with Gasteiger partial charge in [0, 0.05) is 11.8 Å². The first-order valence-corrected chi connectivity index (χ1v) is 4.63. The number of hydrogen-bond acceptors (Lipinski definition) is 4. The van der Waals surface area contributed by atoms with Gasteiger partial charge in [0.25, 0.3) is 0 Å². The van der Waals surface area contributed by atoms with Gasteiger partial charge in [-0.15, -0.1) is 11.6 Å². The lowest BCUT2D eigenvalue weighted by atomic mass is 10.2. The monoisotopic (exact) mass is 210 g/mol. The number of aliphatic hydroxyl groups excluding tert-OH is 1. The second-order valence-corrected chi connectivity index (χ2v) is 3.29. The highest BCUT2D eigenvalue weighted by Gasteiger charge is 2.08. The summed E-state index contributed by atoms with van der Waals surface area (Å²) in [6, 6.07) is 0. The molecule has 5 heteroatoms. The molecule has 0 aliphatic heterocycles. The Bertz CT molecular complexity index is 149. The lowest BCUT2D eigenvalue weighted by Gasteiger charge is -2.09. The molecule has 0 bridgehead atoms. The standard InChI is InChI=1S/C8H15ClO4/c1-6(3-9)4-12-8(11)13-5-7(2)10/h6-7,10H,3-5H2,1-2H3. The second kappa shape index (κ2) is 6.97. The van der Waals surface area contributed by atoms with E-state index in [1.165, 1.54) is 6.92 Å². The molecular formula is C8H15ClO4. The number of alkyl halides is 1. The number of ether oxygens (including phenoxy) is 2. The van der Waals surface area contributed by atoms with Crippen molar-refractivity contribution in [3.05, 3.63) is 0 Å². The minimum atomic E-state index is -0.766. The number of carbonyl (C=O) groups excluding carboxylic acids is 1. The van der Waals surface area contributed by atoms with E-state index in [2.05, 4.69) is 9.47 Å². The van der Waals surface area contributed by atoms with Gasteiger partial charge in [-0.25, -0.2) is 4.79 Å². The Morgan fingerprint density at radius 1 is 1.38 bits per heavy atom. The summed E-state index contributed by atoms with van der Waals surface area (Å²) in [4.78, 5) is 10.8. The minimum absolute atomic E-state index is 0.0475. The van der Waals surface area contributed by atoms with Crippen molar-refractivity contribution in [1.29, 1.82) is 0 Å². The van der Waals surface area contributed by atoms with Crippen LogP contribution in [-0.4, -0.2) is 36.5 Å². The zero-order valence-electron chi connectivity index (χ0n) is 7.83. The third-order valence-electron chi connectivity index (χ3n) is 1.19. The Kier molecular flexibility index (Phi) is 6.72. The van der Waals surface area contributed by atoms with Crippen molar-refractivity contribution in [3.63, 3.8) is 0 Å². The summed E-state index contributed by atoms with van der Waals surface area (Å²) >= 11 is 5.49. The van der Waals surface area contributed by atoms with Crippen LogP contribution in [0.2, 0.25) is 0 Å². The van der Waals surface area contributed by atoms with Gasteiger partial charge < -0.3 is 14.6 Å². The lowest BCUT2D eigenvalue weighted by molar-refractivity contribution is 0.0191. The van der Waals surface area contributed by atoms with E-state index in [9.17, 15) is 4.79 Å². The number of carbonyl (C=O) groups is 1.